The van der Waals surface area contributed by atoms with Gasteiger partial charge in [0.25, 0.3) is 5.91 Å². The van der Waals surface area contributed by atoms with Crippen LogP contribution < -0.4 is 5.73 Å². The Morgan fingerprint density at radius 2 is 2.24 bits per heavy atom. The van der Waals surface area contributed by atoms with Gasteiger partial charge in [-0.15, -0.1) is 0 Å². The third-order valence-corrected chi connectivity index (χ3v) is 4.06. The number of nitrogens with two attached hydrogens (primary N) is 1. The number of nitrogen functional groups attached to an aromatic ring is 1. The average molecular weight is 329 g/mol. The summed E-state index contributed by atoms with van der Waals surface area (Å²) in [6.45, 7) is 1.25. The van der Waals surface area contributed by atoms with Crippen molar-refractivity contribution >= 4 is 46.1 Å². The summed E-state index contributed by atoms with van der Waals surface area (Å²) in [4.78, 5) is 25.0. The molecular formula is C12H14Cl2N6O. The maximum Gasteiger partial charge on any atom is 0.256 e. The second-order valence-electron chi connectivity index (χ2n) is 4.96. The zero-order chi connectivity index (χ0) is 15.0. The maximum atomic E-state index is 12.0. The van der Waals surface area contributed by atoms with Gasteiger partial charge < -0.3 is 15.2 Å². The lowest BCUT2D eigenvalue weighted by atomic mass is 10.2. The van der Waals surface area contributed by atoms with Crippen molar-refractivity contribution in [1.29, 1.82) is 0 Å². The van der Waals surface area contributed by atoms with Crippen LogP contribution in [0.3, 0.4) is 0 Å². The molecule has 1 amide bonds. The van der Waals surface area contributed by atoms with Gasteiger partial charge in [-0.2, -0.15) is 0 Å². The summed E-state index contributed by atoms with van der Waals surface area (Å²) < 4.78 is 1.88. The molecule has 0 aromatic carbocycles. The minimum absolute atomic E-state index is 0.0334. The molecule has 1 atom stereocenters. The van der Waals surface area contributed by atoms with Gasteiger partial charge in [0.15, 0.2) is 16.3 Å². The Kier molecular flexibility index (Phi) is 3.86. The van der Waals surface area contributed by atoms with E-state index in [9.17, 15) is 4.79 Å². The number of carbonyl (C=O) groups excluding carboxylic acids is 1. The van der Waals surface area contributed by atoms with Gasteiger partial charge in [-0.25, -0.2) is 15.0 Å². The Morgan fingerprint density at radius 3 is 3.00 bits per heavy atom. The molecule has 1 fully saturated rings. The van der Waals surface area contributed by atoms with Gasteiger partial charge in [0.05, 0.1) is 6.33 Å². The molecule has 9 heteroatoms. The highest BCUT2D eigenvalue weighted by atomic mass is 35.5. The number of rotatable bonds is 3. The van der Waals surface area contributed by atoms with Crippen LogP contribution in [0, 0.1) is 0 Å². The number of amides is 1. The van der Waals surface area contributed by atoms with E-state index in [0.29, 0.717) is 30.1 Å². The van der Waals surface area contributed by atoms with Crippen LogP contribution in [-0.2, 0) is 11.3 Å². The molecule has 7 nitrogen and oxygen atoms in total. The van der Waals surface area contributed by atoms with E-state index < -0.39 is 4.84 Å². The summed E-state index contributed by atoms with van der Waals surface area (Å²) in [5.74, 6) is 0.0964. The van der Waals surface area contributed by atoms with Crippen LogP contribution in [0.15, 0.2) is 12.7 Å². The number of nitrogens with zero attached hydrogens (tertiary/aromatic N) is 5. The third-order valence-electron chi connectivity index (χ3n) is 3.68. The van der Waals surface area contributed by atoms with Gasteiger partial charge in [0.1, 0.15) is 11.8 Å². The minimum Gasteiger partial charge on any atom is -0.382 e. The molecule has 2 aromatic rings. The summed E-state index contributed by atoms with van der Waals surface area (Å²) in [7, 11) is 0. The highest BCUT2D eigenvalue weighted by Gasteiger charge is 2.32. The second-order valence-corrected chi connectivity index (χ2v) is 6.05. The van der Waals surface area contributed by atoms with Crippen LogP contribution in [0.5, 0.6) is 0 Å². The van der Waals surface area contributed by atoms with Gasteiger partial charge in [-0.1, -0.05) is 23.2 Å². The fourth-order valence-corrected chi connectivity index (χ4v) is 2.95. The fourth-order valence-electron chi connectivity index (χ4n) is 2.70. The van der Waals surface area contributed by atoms with Crippen molar-refractivity contribution in [3.8, 4) is 0 Å². The van der Waals surface area contributed by atoms with E-state index >= 15 is 0 Å². The standard InChI is InChI=1S/C12H14Cl2N6O/c13-9(14)12(21)20-3-1-2-7(20)4-19-6-18-8-10(15)16-5-17-11(8)19/h5-7,9H,1-4H2,(H2,15,16,17)/t7-/m1/s1. The van der Waals surface area contributed by atoms with Crippen molar-refractivity contribution in [2.24, 2.45) is 0 Å². The van der Waals surface area contributed by atoms with Crippen LogP contribution in [0.2, 0.25) is 0 Å². The normalized spacial score (nSPS) is 18.8. The first-order valence-electron chi connectivity index (χ1n) is 6.58. The topological polar surface area (TPSA) is 89.9 Å². The van der Waals surface area contributed by atoms with E-state index in [4.69, 9.17) is 28.9 Å². The first-order chi connectivity index (χ1) is 10.1. The highest BCUT2D eigenvalue weighted by molar-refractivity contribution is 6.53. The summed E-state index contributed by atoms with van der Waals surface area (Å²) >= 11 is 11.4. The van der Waals surface area contributed by atoms with E-state index in [-0.39, 0.29) is 11.9 Å². The smallest absolute Gasteiger partial charge is 0.256 e. The summed E-state index contributed by atoms with van der Waals surface area (Å²) in [5, 5.41) is 0. The molecule has 2 N–H and O–H groups in total. The van der Waals surface area contributed by atoms with Crippen LogP contribution in [0.1, 0.15) is 12.8 Å². The van der Waals surface area contributed by atoms with E-state index in [1.165, 1.54) is 6.33 Å². The summed E-state index contributed by atoms with van der Waals surface area (Å²) in [6, 6.07) is 0.0334. The van der Waals surface area contributed by atoms with Gasteiger partial charge in [-0.05, 0) is 12.8 Å². The van der Waals surface area contributed by atoms with E-state index in [1.807, 2.05) is 4.57 Å². The van der Waals surface area contributed by atoms with Gasteiger partial charge in [-0.3, -0.25) is 4.79 Å². The van der Waals surface area contributed by atoms with Crippen molar-refractivity contribution < 1.29 is 4.79 Å². The second kappa shape index (κ2) is 5.65. The largest absolute Gasteiger partial charge is 0.382 e. The number of anilines is 1. The molecule has 3 heterocycles. The average Bonchev–Trinajstić information content (AvgIpc) is 3.07. The van der Waals surface area contributed by atoms with Gasteiger partial charge in [0, 0.05) is 19.1 Å². The van der Waals surface area contributed by atoms with Crippen molar-refractivity contribution in [3.05, 3.63) is 12.7 Å². The van der Waals surface area contributed by atoms with Gasteiger partial charge in [0.2, 0.25) is 0 Å². The molecule has 0 unspecified atom stereocenters. The Hall–Kier alpha value is -1.60. The number of carbonyl (C=O) groups is 1. The molecule has 3 rings (SSSR count). The minimum atomic E-state index is -1.02. The van der Waals surface area contributed by atoms with E-state index in [0.717, 1.165) is 12.8 Å². The number of halogens is 2. The Morgan fingerprint density at radius 1 is 1.43 bits per heavy atom. The number of aromatic nitrogens is 4. The maximum absolute atomic E-state index is 12.0. The predicted molar refractivity (Wildman–Crippen MR) is 80.0 cm³/mol. The first kappa shape index (κ1) is 14.3. The van der Waals surface area contributed by atoms with Crippen molar-refractivity contribution in [2.45, 2.75) is 30.3 Å². The number of fused-ring (bicyclic) bond motifs is 1. The lowest BCUT2D eigenvalue weighted by Gasteiger charge is -2.25. The number of imidazole rings is 1. The highest BCUT2D eigenvalue weighted by Crippen LogP contribution is 2.23. The monoisotopic (exact) mass is 328 g/mol. The molecule has 1 saturated heterocycles. The third kappa shape index (κ3) is 2.63. The lowest BCUT2D eigenvalue weighted by Crippen LogP contribution is -2.40. The quantitative estimate of drug-likeness (QED) is 0.855. The number of hydrogen-bond donors (Lipinski definition) is 1. The zero-order valence-corrected chi connectivity index (χ0v) is 12.6. The van der Waals surface area contributed by atoms with E-state index in [2.05, 4.69) is 15.0 Å². The molecule has 0 aliphatic carbocycles. The van der Waals surface area contributed by atoms with Crippen molar-refractivity contribution in [1.82, 2.24) is 24.4 Å². The molecule has 1 aliphatic rings. The van der Waals surface area contributed by atoms with Crippen LogP contribution in [0.25, 0.3) is 11.2 Å². The number of likely N-dealkylation sites (tertiary alicyclic amines) is 1. The number of hydrogen-bond acceptors (Lipinski definition) is 5. The molecule has 112 valence electrons. The predicted octanol–water partition coefficient (Wildman–Crippen LogP) is 1.20. The zero-order valence-electron chi connectivity index (χ0n) is 11.1. The molecular weight excluding hydrogens is 315 g/mol. The van der Waals surface area contributed by atoms with Crippen molar-refractivity contribution in [3.63, 3.8) is 0 Å². The summed E-state index contributed by atoms with van der Waals surface area (Å²) in [6.07, 6.45) is 4.89. The Labute approximate surface area is 131 Å². The lowest BCUT2D eigenvalue weighted by molar-refractivity contribution is -0.130. The van der Waals surface area contributed by atoms with Crippen LogP contribution in [-0.4, -0.2) is 47.7 Å². The molecule has 1 aliphatic heterocycles. The van der Waals surface area contributed by atoms with Crippen molar-refractivity contribution in [2.75, 3.05) is 12.3 Å². The Bertz CT molecular complexity index is 673. The Balaban J connectivity index is 1.85. The molecule has 21 heavy (non-hydrogen) atoms. The molecule has 0 bridgehead atoms. The summed E-state index contributed by atoms with van der Waals surface area (Å²) in [5.41, 5.74) is 7.00. The number of alkyl halides is 2. The molecule has 0 radical (unpaired) electrons. The van der Waals surface area contributed by atoms with Crippen LogP contribution >= 0.6 is 23.2 Å². The first-order valence-corrected chi connectivity index (χ1v) is 7.45. The molecule has 2 aromatic heterocycles. The van der Waals surface area contributed by atoms with Gasteiger partial charge >= 0.3 is 0 Å². The van der Waals surface area contributed by atoms with E-state index in [1.54, 1.807) is 11.2 Å². The molecule has 0 saturated carbocycles. The molecule has 0 spiro atoms. The van der Waals surface area contributed by atoms with Crippen LogP contribution in [0.4, 0.5) is 5.82 Å². The SMILES string of the molecule is Nc1ncnc2c1ncn2C[C@H]1CCCN1C(=O)C(Cl)Cl. The fraction of sp³-hybridized carbons (Fsp3) is 0.500.